The zero-order chi connectivity index (χ0) is 26.5. The van der Waals surface area contributed by atoms with Gasteiger partial charge in [-0.3, -0.25) is 14.6 Å². The lowest BCUT2D eigenvalue weighted by molar-refractivity contribution is 0.1000. The lowest BCUT2D eigenvalue weighted by Gasteiger charge is -2.24. The normalized spacial score (nSPS) is 11.7. The number of amidine groups is 1. The molecule has 2 amide bonds. The maximum absolute atomic E-state index is 13.3. The second-order valence-electron chi connectivity index (χ2n) is 9.19. The Kier molecular flexibility index (Phi) is 8.37. The van der Waals surface area contributed by atoms with E-state index >= 15 is 0 Å². The number of aromatic nitrogens is 1. The van der Waals surface area contributed by atoms with Crippen LogP contribution >= 0.6 is 11.9 Å². The number of anilines is 2. The van der Waals surface area contributed by atoms with Gasteiger partial charge in [0, 0.05) is 29.8 Å². The Morgan fingerprint density at radius 1 is 1.08 bits per heavy atom. The van der Waals surface area contributed by atoms with Gasteiger partial charge in [-0.05, 0) is 59.9 Å². The molecular formula is C27H31N5O3S. The number of pyridine rings is 1. The molecule has 36 heavy (non-hydrogen) atoms. The van der Waals surface area contributed by atoms with Crippen LogP contribution in [0.1, 0.15) is 58.2 Å². The Morgan fingerprint density at radius 2 is 1.81 bits per heavy atom. The van der Waals surface area contributed by atoms with Crippen LogP contribution in [0.15, 0.2) is 59.9 Å². The van der Waals surface area contributed by atoms with Gasteiger partial charge in [0.2, 0.25) is 0 Å². The fraction of sp³-hybridized carbons (Fsp3) is 0.259. The minimum Gasteiger partial charge on any atom is -0.492 e. The molecule has 9 heteroatoms. The number of ether oxygens (including phenoxy) is 1. The summed E-state index contributed by atoms with van der Waals surface area (Å²) in [6, 6.07) is 12.3. The second-order valence-corrected chi connectivity index (χ2v) is 9.80. The van der Waals surface area contributed by atoms with Crippen LogP contribution in [-0.4, -0.2) is 36.0 Å². The Bertz CT molecular complexity index is 1300. The number of amides is 2. The molecule has 0 aliphatic heterocycles. The summed E-state index contributed by atoms with van der Waals surface area (Å²) in [7, 11) is 1.56. The van der Waals surface area contributed by atoms with Gasteiger partial charge in [-0.1, -0.05) is 38.8 Å². The number of benzene rings is 2. The molecule has 0 spiro atoms. The summed E-state index contributed by atoms with van der Waals surface area (Å²) in [6.07, 6.45) is 4.91. The van der Waals surface area contributed by atoms with Crippen molar-refractivity contribution in [1.82, 2.24) is 4.98 Å². The van der Waals surface area contributed by atoms with Crippen molar-refractivity contribution in [3.8, 4) is 5.75 Å². The van der Waals surface area contributed by atoms with E-state index in [1.54, 1.807) is 43.6 Å². The molecule has 0 saturated carbocycles. The average molecular weight is 506 g/mol. The molecule has 0 aliphatic carbocycles. The first-order valence-corrected chi connectivity index (χ1v) is 12.5. The predicted molar refractivity (Wildman–Crippen MR) is 147 cm³/mol. The summed E-state index contributed by atoms with van der Waals surface area (Å²) >= 11 is 1.44. The zero-order valence-corrected chi connectivity index (χ0v) is 22.1. The Labute approximate surface area is 215 Å². The minimum atomic E-state index is -0.507. The van der Waals surface area contributed by atoms with Crippen molar-refractivity contribution in [2.24, 2.45) is 10.7 Å². The number of aryl methyl sites for hydroxylation is 1. The third-order valence-electron chi connectivity index (χ3n) is 5.53. The van der Waals surface area contributed by atoms with Crippen LogP contribution < -0.4 is 20.5 Å². The summed E-state index contributed by atoms with van der Waals surface area (Å²) in [5, 5.41) is 2.97. The van der Waals surface area contributed by atoms with Crippen molar-refractivity contribution in [1.29, 1.82) is 0 Å². The first-order chi connectivity index (χ1) is 17.0. The van der Waals surface area contributed by atoms with Gasteiger partial charge in [0.15, 0.2) is 5.75 Å². The molecule has 0 bridgehead atoms. The fourth-order valence-electron chi connectivity index (χ4n) is 3.52. The number of carbonyl (C=O) groups is 2. The molecule has 1 aromatic heterocycles. The molecule has 0 aliphatic rings. The molecule has 0 fully saturated rings. The standard InChI is InChI=1S/C27H31N5O3S/c1-16-9-10-17(12-20(16)24(28)31-26(34)18-8-7-11-29-15-18)25(33)30-21-13-19(27(2,3)4)14-22(32-36-6)23(21)35-5/h7-15,32H,1-6H3,(H,30,33)(H2,28,31,34). The predicted octanol–water partition coefficient (Wildman–Crippen LogP) is 5.18. The number of carbonyl (C=O) groups excluding carboxylic acids is 2. The molecule has 8 nitrogen and oxygen atoms in total. The SMILES string of the molecule is COc1c(NSC)cc(C(C)(C)C)cc1NC(=O)c1ccc(C)c(C(N)=NC(=O)c2cccnc2)c1. The van der Waals surface area contributed by atoms with E-state index in [4.69, 9.17) is 10.5 Å². The highest BCUT2D eigenvalue weighted by atomic mass is 32.2. The molecule has 3 rings (SSSR count). The monoisotopic (exact) mass is 505 g/mol. The molecule has 0 saturated heterocycles. The molecular weight excluding hydrogens is 474 g/mol. The van der Waals surface area contributed by atoms with E-state index in [-0.39, 0.29) is 17.2 Å². The van der Waals surface area contributed by atoms with E-state index in [1.807, 2.05) is 25.3 Å². The number of hydrogen-bond donors (Lipinski definition) is 3. The molecule has 3 aromatic rings. The van der Waals surface area contributed by atoms with Gasteiger partial charge in [0.25, 0.3) is 11.8 Å². The minimum absolute atomic E-state index is 0.0229. The van der Waals surface area contributed by atoms with Crippen molar-refractivity contribution >= 4 is 41.0 Å². The highest BCUT2D eigenvalue weighted by Crippen LogP contribution is 2.39. The van der Waals surface area contributed by atoms with Crippen LogP contribution in [0.2, 0.25) is 0 Å². The number of nitrogens with two attached hydrogens (primary N) is 1. The van der Waals surface area contributed by atoms with Crippen LogP contribution in [0.3, 0.4) is 0 Å². The van der Waals surface area contributed by atoms with E-state index in [2.05, 4.69) is 40.8 Å². The first kappa shape index (κ1) is 26.7. The molecule has 1 heterocycles. The number of nitrogens with zero attached hydrogens (tertiary/aromatic N) is 2. The van der Waals surface area contributed by atoms with Crippen LogP contribution in [0.4, 0.5) is 11.4 Å². The zero-order valence-electron chi connectivity index (χ0n) is 21.3. The van der Waals surface area contributed by atoms with Gasteiger partial charge in [0.1, 0.15) is 5.84 Å². The number of aliphatic imine (C=N–C) groups is 1. The third-order valence-corrected chi connectivity index (χ3v) is 5.95. The fourth-order valence-corrected chi connectivity index (χ4v) is 3.89. The number of hydrogen-bond acceptors (Lipinski definition) is 6. The van der Waals surface area contributed by atoms with Crippen molar-refractivity contribution in [3.63, 3.8) is 0 Å². The number of nitrogens with one attached hydrogen (secondary N) is 2. The Balaban J connectivity index is 1.96. The molecule has 188 valence electrons. The second kappa shape index (κ2) is 11.3. The van der Waals surface area contributed by atoms with E-state index < -0.39 is 5.91 Å². The summed E-state index contributed by atoms with van der Waals surface area (Å²) in [4.78, 5) is 33.7. The van der Waals surface area contributed by atoms with Crippen LogP contribution in [0.25, 0.3) is 0 Å². The Hall–Kier alpha value is -3.85. The summed E-state index contributed by atoms with van der Waals surface area (Å²) in [5.41, 5.74) is 10.3. The van der Waals surface area contributed by atoms with Crippen molar-refractivity contribution < 1.29 is 14.3 Å². The van der Waals surface area contributed by atoms with Gasteiger partial charge in [-0.2, -0.15) is 4.99 Å². The quantitative estimate of drug-likeness (QED) is 0.230. The van der Waals surface area contributed by atoms with Gasteiger partial charge in [0.05, 0.1) is 24.0 Å². The lowest BCUT2D eigenvalue weighted by atomic mass is 9.86. The van der Waals surface area contributed by atoms with Gasteiger partial charge in [-0.25, -0.2) is 0 Å². The van der Waals surface area contributed by atoms with Gasteiger partial charge in [-0.15, -0.1) is 0 Å². The van der Waals surface area contributed by atoms with Crippen LogP contribution in [-0.2, 0) is 5.41 Å². The van der Waals surface area contributed by atoms with Crippen molar-refractivity contribution in [3.05, 3.63) is 82.7 Å². The molecule has 0 atom stereocenters. The number of methoxy groups -OCH3 is 1. The highest BCUT2D eigenvalue weighted by molar-refractivity contribution is 7.99. The van der Waals surface area contributed by atoms with E-state index in [0.717, 1.165) is 16.8 Å². The van der Waals surface area contributed by atoms with E-state index in [1.165, 1.54) is 18.1 Å². The number of rotatable bonds is 7. The highest BCUT2D eigenvalue weighted by Gasteiger charge is 2.21. The van der Waals surface area contributed by atoms with E-state index in [0.29, 0.717) is 28.1 Å². The van der Waals surface area contributed by atoms with Crippen LogP contribution in [0, 0.1) is 6.92 Å². The topological polar surface area (TPSA) is 119 Å². The largest absolute Gasteiger partial charge is 0.492 e. The van der Waals surface area contributed by atoms with Gasteiger partial charge < -0.3 is 20.5 Å². The first-order valence-electron chi connectivity index (χ1n) is 11.3. The molecule has 4 N–H and O–H groups in total. The smallest absolute Gasteiger partial charge is 0.280 e. The molecule has 0 radical (unpaired) electrons. The summed E-state index contributed by atoms with van der Waals surface area (Å²) < 4.78 is 8.86. The Morgan fingerprint density at radius 3 is 2.42 bits per heavy atom. The van der Waals surface area contributed by atoms with Crippen molar-refractivity contribution in [2.75, 3.05) is 23.4 Å². The summed E-state index contributed by atoms with van der Waals surface area (Å²) in [5.74, 6) is -0.301. The maximum Gasteiger partial charge on any atom is 0.280 e. The molecule has 2 aromatic carbocycles. The van der Waals surface area contributed by atoms with Crippen molar-refractivity contribution in [2.45, 2.75) is 33.1 Å². The average Bonchev–Trinajstić information content (AvgIpc) is 2.84. The van der Waals surface area contributed by atoms with E-state index in [9.17, 15) is 9.59 Å². The summed E-state index contributed by atoms with van der Waals surface area (Å²) in [6.45, 7) is 8.14. The van der Waals surface area contributed by atoms with Gasteiger partial charge >= 0.3 is 0 Å². The third kappa shape index (κ3) is 6.23. The molecule has 0 unspecified atom stereocenters. The maximum atomic E-state index is 13.3. The van der Waals surface area contributed by atoms with Crippen LogP contribution in [0.5, 0.6) is 5.75 Å². The lowest BCUT2D eigenvalue weighted by Crippen LogP contribution is -2.20.